The van der Waals surface area contributed by atoms with Gasteiger partial charge in [0, 0.05) is 10.5 Å². The molecule has 2 N–H and O–H groups in total. The van der Waals surface area contributed by atoms with Crippen LogP contribution in [0.3, 0.4) is 0 Å². The molecule has 2 atom stereocenters. The number of rotatable bonds is 5. The van der Waals surface area contributed by atoms with E-state index in [1.165, 1.54) is 0 Å². The first-order valence-corrected chi connectivity index (χ1v) is 6.28. The number of benzene rings is 1. The van der Waals surface area contributed by atoms with Gasteiger partial charge in [0.25, 0.3) is 0 Å². The molecule has 0 aromatic heterocycles. The lowest BCUT2D eigenvalue weighted by Gasteiger charge is -2.22. The number of hydrogen-bond donors (Lipinski definition) is 1. The Labute approximate surface area is 112 Å². The molecule has 1 rings (SSSR count). The maximum Gasteiger partial charge on any atom is 0.391 e. The molecular formula is C12H15BrF3NO. The van der Waals surface area contributed by atoms with Crippen molar-refractivity contribution in [3.63, 3.8) is 0 Å². The molecule has 18 heavy (non-hydrogen) atoms. The molecule has 0 aliphatic rings. The first-order valence-electron chi connectivity index (χ1n) is 5.49. The van der Waals surface area contributed by atoms with Crippen LogP contribution in [0.5, 0.6) is 0 Å². The number of halogens is 4. The summed E-state index contributed by atoms with van der Waals surface area (Å²) in [4.78, 5) is 0. The number of hydrogen-bond acceptors (Lipinski definition) is 2. The van der Waals surface area contributed by atoms with Gasteiger partial charge in [-0.3, -0.25) is 0 Å². The molecule has 6 heteroatoms. The Kier molecular flexibility index (Phi) is 5.62. The average Bonchev–Trinajstić information content (AvgIpc) is 2.22. The highest BCUT2D eigenvalue weighted by atomic mass is 79.9. The third kappa shape index (κ3) is 5.37. The topological polar surface area (TPSA) is 35.2 Å². The Morgan fingerprint density at radius 2 is 2.06 bits per heavy atom. The minimum atomic E-state index is -4.21. The maximum absolute atomic E-state index is 12.1. The molecule has 0 aliphatic carbocycles. The van der Waals surface area contributed by atoms with Crippen molar-refractivity contribution < 1.29 is 17.9 Å². The second-order valence-electron chi connectivity index (χ2n) is 4.07. The highest BCUT2D eigenvalue weighted by Crippen LogP contribution is 2.26. The molecule has 1 aromatic rings. The summed E-state index contributed by atoms with van der Waals surface area (Å²) in [6, 6.07) is 6.82. The van der Waals surface area contributed by atoms with Gasteiger partial charge in [-0.25, -0.2) is 0 Å². The van der Waals surface area contributed by atoms with Gasteiger partial charge in [0.15, 0.2) is 0 Å². The molecule has 0 spiro atoms. The molecular weight excluding hydrogens is 311 g/mol. The zero-order valence-corrected chi connectivity index (χ0v) is 11.5. The lowest BCUT2D eigenvalue weighted by molar-refractivity contribution is -0.150. The van der Waals surface area contributed by atoms with E-state index in [1.807, 2.05) is 6.07 Å². The Bertz CT molecular complexity index is 382. The summed E-state index contributed by atoms with van der Waals surface area (Å²) < 4.78 is 42.3. The van der Waals surface area contributed by atoms with Gasteiger partial charge in [0.05, 0.1) is 19.1 Å². The molecule has 0 bridgehead atoms. The fourth-order valence-corrected chi connectivity index (χ4v) is 1.95. The number of nitrogens with two attached hydrogens (primary N) is 1. The molecule has 1 aromatic carbocycles. The Morgan fingerprint density at radius 1 is 1.39 bits per heavy atom. The van der Waals surface area contributed by atoms with Crippen LogP contribution in [-0.4, -0.2) is 18.8 Å². The molecule has 0 fully saturated rings. The van der Waals surface area contributed by atoms with E-state index in [-0.39, 0.29) is 12.6 Å². The summed E-state index contributed by atoms with van der Waals surface area (Å²) in [6.07, 6.45) is -5.71. The molecule has 0 saturated carbocycles. The quantitative estimate of drug-likeness (QED) is 0.893. The lowest BCUT2D eigenvalue weighted by atomic mass is 10.0. The molecule has 0 amide bonds. The fraction of sp³-hybridized carbons (Fsp3) is 0.500. The van der Waals surface area contributed by atoms with Gasteiger partial charge in [-0.2, -0.15) is 13.2 Å². The van der Waals surface area contributed by atoms with Gasteiger partial charge >= 0.3 is 6.18 Å². The molecule has 2 nitrogen and oxygen atoms in total. The molecule has 0 heterocycles. The van der Waals surface area contributed by atoms with Crippen LogP contribution in [-0.2, 0) is 4.74 Å². The predicted octanol–water partition coefficient (Wildman–Crippen LogP) is 3.81. The van der Waals surface area contributed by atoms with Gasteiger partial charge < -0.3 is 10.5 Å². The minimum Gasteiger partial charge on any atom is -0.372 e. The molecule has 0 aliphatic heterocycles. The Morgan fingerprint density at radius 3 is 2.56 bits per heavy atom. The monoisotopic (exact) mass is 325 g/mol. The van der Waals surface area contributed by atoms with Crippen LogP contribution in [0, 0.1) is 0 Å². The minimum absolute atomic E-state index is 0.382. The van der Waals surface area contributed by atoms with E-state index in [0.29, 0.717) is 0 Å². The summed E-state index contributed by atoms with van der Waals surface area (Å²) in [5, 5.41) is 0. The lowest BCUT2D eigenvalue weighted by Crippen LogP contribution is -2.28. The second-order valence-corrected chi connectivity index (χ2v) is 4.99. The van der Waals surface area contributed by atoms with Gasteiger partial charge in [0.1, 0.15) is 0 Å². The van der Waals surface area contributed by atoms with Gasteiger partial charge in [-0.05, 0) is 24.6 Å². The van der Waals surface area contributed by atoms with Crippen LogP contribution in [0.1, 0.15) is 25.0 Å². The van der Waals surface area contributed by atoms with Gasteiger partial charge in [-0.1, -0.05) is 28.1 Å². The van der Waals surface area contributed by atoms with Crippen molar-refractivity contribution in [2.75, 3.05) is 6.61 Å². The second kappa shape index (κ2) is 6.54. The maximum atomic E-state index is 12.1. The Hall–Kier alpha value is -0.590. The van der Waals surface area contributed by atoms with E-state index in [0.717, 1.165) is 10.0 Å². The predicted molar refractivity (Wildman–Crippen MR) is 67.2 cm³/mol. The summed E-state index contributed by atoms with van der Waals surface area (Å²) in [6.45, 7) is 1.32. The van der Waals surface area contributed by atoms with Crippen molar-refractivity contribution in [1.82, 2.24) is 0 Å². The van der Waals surface area contributed by atoms with Crippen molar-refractivity contribution in [2.45, 2.75) is 31.7 Å². The molecule has 0 saturated heterocycles. The van der Waals surface area contributed by atoms with E-state index in [1.54, 1.807) is 25.1 Å². The first kappa shape index (κ1) is 15.5. The smallest absolute Gasteiger partial charge is 0.372 e. The summed E-state index contributed by atoms with van der Waals surface area (Å²) >= 11 is 3.30. The van der Waals surface area contributed by atoms with Crippen LogP contribution in [0.2, 0.25) is 0 Å². The Balaban J connectivity index is 2.66. The van der Waals surface area contributed by atoms with E-state index in [9.17, 15) is 13.2 Å². The highest BCUT2D eigenvalue weighted by molar-refractivity contribution is 9.10. The zero-order valence-electron chi connectivity index (χ0n) is 9.88. The molecule has 102 valence electrons. The van der Waals surface area contributed by atoms with Gasteiger partial charge in [-0.15, -0.1) is 0 Å². The van der Waals surface area contributed by atoms with Gasteiger partial charge in [0.2, 0.25) is 0 Å². The average molecular weight is 326 g/mol. The van der Waals surface area contributed by atoms with Crippen LogP contribution in [0.15, 0.2) is 28.7 Å². The third-order valence-corrected chi connectivity index (χ3v) is 2.83. The zero-order chi connectivity index (χ0) is 13.8. The van der Waals surface area contributed by atoms with Crippen molar-refractivity contribution in [3.8, 4) is 0 Å². The highest BCUT2D eigenvalue weighted by Gasteiger charge is 2.28. The molecule has 2 unspecified atom stereocenters. The SMILES string of the molecule is CC(N)C(OCCC(F)(F)F)c1cccc(Br)c1. The molecule has 0 radical (unpaired) electrons. The van der Waals surface area contributed by atoms with Crippen LogP contribution in [0.25, 0.3) is 0 Å². The van der Waals surface area contributed by atoms with Crippen molar-refractivity contribution in [3.05, 3.63) is 34.3 Å². The van der Waals surface area contributed by atoms with Crippen molar-refractivity contribution in [2.24, 2.45) is 5.73 Å². The van der Waals surface area contributed by atoms with Crippen LogP contribution >= 0.6 is 15.9 Å². The first-order chi connectivity index (χ1) is 8.29. The van der Waals surface area contributed by atoms with Crippen molar-refractivity contribution in [1.29, 1.82) is 0 Å². The normalized spacial score (nSPS) is 15.4. The summed E-state index contributed by atoms with van der Waals surface area (Å²) in [5.74, 6) is 0. The summed E-state index contributed by atoms with van der Waals surface area (Å²) in [5.41, 5.74) is 6.51. The standard InChI is InChI=1S/C12H15BrF3NO/c1-8(17)11(18-6-5-12(14,15)16)9-3-2-4-10(13)7-9/h2-4,7-8,11H,5-6,17H2,1H3. The largest absolute Gasteiger partial charge is 0.391 e. The van der Waals surface area contributed by atoms with Crippen LogP contribution < -0.4 is 5.73 Å². The van der Waals surface area contributed by atoms with E-state index < -0.39 is 18.7 Å². The third-order valence-electron chi connectivity index (χ3n) is 2.34. The van der Waals surface area contributed by atoms with Crippen LogP contribution in [0.4, 0.5) is 13.2 Å². The number of alkyl halides is 3. The van der Waals surface area contributed by atoms with Crippen molar-refractivity contribution >= 4 is 15.9 Å². The summed E-state index contributed by atoms with van der Waals surface area (Å²) in [7, 11) is 0. The fourth-order valence-electron chi connectivity index (χ4n) is 1.54. The van der Waals surface area contributed by atoms with E-state index >= 15 is 0 Å². The van der Waals surface area contributed by atoms with E-state index in [4.69, 9.17) is 10.5 Å². The van der Waals surface area contributed by atoms with E-state index in [2.05, 4.69) is 15.9 Å². The number of ether oxygens (including phenoxy) is 1.